The second kappa shape index (κ2) is 6.70. The van der Waals surface area contributed by atoms with Crippen molar-refractivity contribution >= 4 is 0 Å². The van der Waals surface area contributed by atoms with Gasteiger partial charge in [0.2, 0.25) is 0 Å². The first-order valence-corrected chi connectivity index (χ1v) is 7.11. The van der Waals surface area contributed by atoms with Gasteiger partial charge in [0, 0.05) is 19.6 Å². The summed E-state index contributed by atoms with van der Waals surface area (Å²) >= 11 is 0. The molecule has 3 nitrogen and oxygen atoms in total. The van der Waals surface area contributed by atoms with Crippen molar-refractivity contribution in [3.63, 3.8) is 0 Å². The van der Waals surface area contributed by atoms with Gasteiger partial charge in [0.1, 0.15) is 0 Å². The Morgan fingerprint density at radius 2 is 2.32 bits per heavy atom. The molecule has 0 spiro atoms. The molecule has 3 heteroatoms. The van der Waals surface area contributed by atoms with Gasteiger partial charge in [-0.05, 0) is 50.2 Å². The van der Waals surface area contributed by atoms with Gasteiger partial charge >= 0.3 is 0 Å². The highest BCUT2D eigenvalue weighted by Gasteiger charge is 2.22. The van der Waals surface area contributed by atoms with Crippen LogP contribution in [0.15, 0.2) is 24.3 Å². The van der Waals surface area contributed by atoms with Crippen molar-refractivity contribution in [2.75, 3.05) is 33.2 Å². The lowest BCUT2D eigenvalue weighted by atomic mass is 10.1. The topological polar surface area (TPSA) is 30.3 Å². The Balaban J connectivity index is 1.84. The largest absolute Gasteiger partial charge is 0.303 e. The Morgan fingerprint density at radius 3 is 3.00 bits per heavy atom. The van der Waals surface area contributed by atoms with E-state index in [9.17, 15) is 0 Å². The Morgan fingerprint density at radius 1 is 1.47 bits per heavy atom. The van der Waals surface area contributed by atoms with Crippen LogP contribution in [0.2, 0.25) is 0 Å². The van der Waals surface area contributed by atoms with Crippen LogP contribution >= 0.6 is 0 Å². The Hall–Kier alpha value is -1.37. The summed E-state index contributed by atoms with van der Waals surface area (Å²) in [5.74, 6) is 0.795. The van der Waals surface area contributed by atoms with Crippen molar-refractivity contribution in [2.45, 2.75) is 19.9 Å². The normalized spacial score (nSPS) is 19.8. The molecule has 0 amide bonds. The maximum Gasteiger partial charge on any atom is 0.0991 e. The molecule has 0 N–H and O–H groups in total. The van der Waals surface area contributed by atoms with Crippen LogP contribution in [-0.2, 0) is 6.54 Å². The van der Waals surface area contributed by atoms with E-state index in [-0.39, 0.29) is 0 Å². The Labute approximate surface area is 116 Å². The fourth-order valence-electron chi connectivity index (χ4n) is 2.91. The van der Waals surface area contributed by atoms with Gasteiger partial charge in [-0.15, -0.1) is 0 Å². The standard InChI is InChI=1S/C16H23N3/c1-3-19-8-7-16(13-19)12-18(2)11-15-6-4-5-14(9-15)10-17/h4-6,9,16H,3,7-8,11-13H2,1-2H3/t16-/m1/s1. The van der Waals surface area contributed by atoms with Gasteiger partial charge in [0.05, 0.1) is 11.6 Å². The van der Waals surface area contributed by atoms with E-state index in [2.05, 4.69) is 35.9 Å². The molecule has 0 unspecified atom stereocenters. The Bertz CT molecular complexity index is 450. The average molecular weight is 257 g/mol. The van der Waals surface area contributed by atoms with E-state index in [0.717, 1.165) is 24.6 Å². The summed E-state index contributed by atoms with van der Waals surface area (Å²) in [4.78, 5) is 4.90. The molecule has 1 aromatic rings. The van der Waals surface area contributed by atoms with E-state index in [1.807, 2.05) is 18.2 Å². The number of benzene rings is 1. The van der Waals surface area contributed by atoms with Crippen molar-refractivity contribution in [3.05, 3.63) is 35.4 Å². The van der Waals surface area contributed by atoms with Gasteiger partial charge in [0.25, 0.3) is 0 Å². The summed E-state index contributed by atoms with van der Waals surface area (Å²) in [7, 11) is 2.17. The van der Waals surface area contributed by atoms with Crippen LogP contribution in [0.25, 0.3) is 0 Å². The number of nitriles is 1. The summed E-state index contributed by atoms with van der Waals surface area (Å²) in [6.07, 6.45) is 1.32. The molecule has 1 heterocycles. The van der Waals surface area contributed by atoms with E-state index in [4.69, 9.17) is 5.26 Å². The van der Waals surface area contributed by atoms with Crippen LogP contribution in [0.4, 0.5) is 0 Å². The average Bonchev–Trinajstić information content (AvgIpc) is 2.86. The molecule has 1 aliphatic heterocycles. The third-order valence-electron chi connectivity index (χ3n) is 3.90. The zero-order valence-electron chi connectivity index (χ0n) is 12.0. The maximum atomic E-state index is 8.91. The molecule has 1 atom stereocenters. The quantitative estimate of drug-likeness (QED) is 0.811. The molecule has 0 aromatic heterocycles. The third-order valence-corrected chi connectivity index (χ3v) is 3.90. The summed E-state index contributed by atoms with van der Waals surface area (Å²) in [6, 6.07) is 10.1. The Kier molecular flexibility index (Phi) is 4.95. The highest BCUT2D eigenvalue weighted by atomic mass is 15.2. The summed E-state index contributed by atoms with van der Waals surface area (Å²) in [5.41, 5.74) is 1.98. The lowest BCUT2D eigenvalue weighted by molar-refractivity contribution is 0.260. The van der Waals surface area contributed by atoms with Crippen LogP contribution in [0.1, 0.15) is 24.5 Å². The first kappa shape index (κ1) is 14.0. The lowest BCUT2D eigenvalue weighted by Crippen LogP contribution is -2.28. The first-order chi connectivity index (χ1) is 9.21. The molecule has 1 saturated heterocycles. The molecule has 0 radical (unpaired) electrons. The zero-order valence-corrected chi connectivity index (χ0v) is 12.0. The minimum Gasteiger partial charge on any atom is -0.303 e. The van der Waals surface area contributed by atoms with Gasteiger partial charge < -0.3 is 9.80 Å². The van der Waals surface area contributed by atoms with E-state index in [0.29, 0.717) is 0 Å². The smallest absolute Gasteiger partial charge is 0.0991 e. The molecule has 19 heavy (non-hydrogen) atoms. The van der Waals surface area contributed by atoms with Crippen molar-refractivity contribution in [3.8, 4) is 6.07 Å². The van der Waals surface area contributed by atoms with Gasteiger partial charge in [-0.25, -0.2) is 0 Å². The summed E-state index contributed by atoms with van der Waals surface area (Å²) < 4.78 is 0. The van der Waals surface area contributed by atoms with Crippen LogP contribution in [0, 0.1) is 17.2 Å². The van der Waals surface area contributed by atoms with E-state index in [1.54, 1.807) is 0 Å². The second-order valence-electron chi connectivity index (χ2n) is 5.56. The monoisotopic (exact) mass is 257 g/mol. The van der Waals surface area contributed by atoms with Gasteiger partial charge in [-0.3, -0.25) is 0 Å². The van der Waals surface area contributed by atoms with Gasteiger partial charge in [0.15, 0.2) is 0 Å². The lowest BCUT2D eigenvalue weighted by Gasteiger charge is -2.21. The minimum atomic E-state index is 0.754. The number of hydrogen-bond donors (Lipinski definition) is 0. The van der Waals surface area contributed by atoms with E-state index in [1.165, 1.54) is 31.6 Å². The molecular weight excluding hydrogens is 234 g/mol. The predicted molar refractivity (Wildman–Crippen MR) is 77.7 cm³/mol. The van der Waals surface area contributed by atoms with Crippen molar-refractivity contribution < 1.29 is 0 Å². The van der Waals surface area contributed by atoms with Crippen LogP contribution in [0.5, 0.6) is 0 Å². The van der Waals surface area contributed by atoms with Crippen molar-refractivity contribution in [1.82, 2.24) is 9.80 Å². The molecule has 0 saturated carbocycles. The maximum absolute atomic E-state index is 8.91. The molecule has 0 bridgehead atoms. The third kappa shape index (κ3) is 4.05. The molecule has 1 aliphatic rings. The van der Waals surface area contributed by atoms with Crippen LogP contribution < -0.4 is 0 Å². The minimum absolute atomic E-state index is 0.754. The van der Waals surface area contributed by atoms with Crippen LogP contribution in [-0.4, -0.2) is 43.0 Å². The molecule has 0 aliphatic carbocycles. The van der Waals surface area contributed by atoms with Crippen LogP contribution in [0.3, 0.4) is 0 Å². The number of hydrogen-bond acceptors (Lipinski definition) is 3. The fraction of sp³-hybridized carbons (Fsp3) is 0.562. The first-order valence-electron chi connectivity index (χ1n) is 7.11. The molecule has 1 aromatic carbocycles. The number of likely N-dealkylation sites (tertiary alicyclic amines) is 1. The molecule has 2 rings (SSSR count). The summed E-state index contributed by atoms with van der Waals surface area (Å²) in [6.45, 7) is 7.97. The van der Waals surface area contributed by atoms with E-state index < -0.39 is 0 Å². The highest BCUT2D eigenvalue weighted by molar-refractivity contribution is 5.32. The predicted octanol–water partition coefficient (Wildman–Crippen LogP) is 2.33. The van der Waals surface area contributed by atoms with Crippen molar-refractivity contribution in [1.29, 1.82) is 5.26 Å². The number of nitrogens with zero attached hydrogens (tertiary/aromatic N) is 3. The fourth-order valence-corrected chi connectivity index (χ4v) is 2.91. The molecule has 1 fully saturated rings. The second-order valence-corrected chi connectivity index (χ2v) is 5.56. The SMILES string of the molecule is CCN1CC[C@H](CN(C)Cc2cccc(C#N)c2)C1. The zero-order chi connectivity index (χ0) is 13.7. The summed E-state index contributed by atoms with van der Waals surface area (Å²) in [5, 5.41) is 8.91. The molecular formula is C16H23N3. The van der Waals surface area contributed by atoms with E-state index >= 15 is 0 Å². The van der Waals surface area contributed by atoms with Gasteiger partial charge in [-0.2, -0.15) is 5.26 Å². The number of rotatable bonds is 5. The van der Waals surface area contributed by atoms with Gasteiger partial charge in [-0.1, -0.05) is 19.1 Å². The highest BCUT2D eigenvalue weighted by Crippen LogP contribution is 2.17. The van der Waals surface area contributed by atoms with Crippen molar-refractivity contribution in [2.24, 2.45) is 5.92 Å². The molecule has 102 valence electrons.